The van der Waals surface area contributed by atoms with Crippen molar-refractivity contribution in [3.05, 3.63) is 35.4 Å². The van der Waals surface area contributed by atoms with E-state index in [1.807, 2.05) is 6.92 Å². The van der Waals surface area contributed by atoms with Crippen LogP contribution < -0.4 is 5.32 Å². The zero-order chi connectivity index (χ0) is 14.8. The van der Waals surface area contributed by atoms with E-state index in [0.717, 1.165) is 18.7 Å². The highest BCUT2D eigenvalue weighted by Gasteiger charge is 2.30. The number of hydrogen-bond donors (Lipinski definition) is 1. The Labute approximate surface area is 127 Å². The molecule has 0 unspecified atom stereocenters. The minimum absolute atomic E-state index is 0. The van der Waals surface area contributed by atoms with Gasteiger partial charge in [-0.05, 0) is 24.6 Å². The lowest BCUT2D eigenvalue weighted by molar-refractivity contribution is -0.137. The Morgan fingerprint density at radius 2 is 1.95 bits per heavy atom. The summed E-state index contributed by atoms with van der Waals surface area (Å²) in [6.45, 7) is 4.03. The highest BCUT2D eigenvalue weighted by molar-refractivity contribution is 5.85. The molecule has 2 rings (SSSR count). The van der Waals surface area contributed by atoms with Gasteiger partial charge in [-0.2, -0.15) is 13.2 Å². The summed E-state index contributed by atoms with van der Waals surface area (Å²) in [4.78, 5) is 13.8. The molecular formula is C14H18ClF3N2O. The molecule has 1 N–H and O–H groups in total. The van der Waals surface area contributed by atoms with Gasteiger partial charge < -0.3 is 10.2 Å². The van der Waals surface area contributed by atoms with Gasteiger partial charge in [0.2, 0.25) is 5.91 Å². The van der Waals surface area contributed by atoms with Gasteiger partial charge in [-0.25, -0.2) is 0 Å². The molecule has 1 aliphatic rings. The lowest BCUT2D eigenvalue weighted by Crippen LogP contribution is -2.51. The van der Waals surface area contributed by atoms with Crippen LogP contribution in [0.2, 0.25) is 0 Å². The molecular weight excluding hydrogens is 305 g/mol. The zero-order valence-corrected chi connectivity index (χ0v) is 12.4. The van der Waals surface area contributed by atoms with Crippen LogP contribution in [0.15, 0.2) is 24.3 Å². The van der Waals surface area contributed by atoms with Crippen molar-refractivity contribution in [1.82, 2.24) is 10.2 Å². The van der Waals surface area contributed by atoms with Crippen LogP contribution >= 0.6 is 12.4 Å². The van der Waals surface area contributed by atoms with Crippen molar-refractivity contribution in [2.75, 3.05) is 19.6 Å². The van der Waals surface area contributed by atoms with Crippen LogP contribution in [-0.4, -0.2) is 36.5 Å². The fourth-order valence-corrected chi connectivity index (χ4v) is 2.26. The number of rotatable bonds is 2. The minimum Gasteiger partial charge on any atom is -0.340 e. The van der Waals surface area contributed by atoms with E-state index in [4.69, 9.17) is 0 Å². The molecule has 0 spiro atoms. The molecule has 118 valence electrons. The van der Waals surface area contributed by atoms with Crippen molar-refractivity contribution in [1.29, 1.82) is 0 Å². The van der Waals surface area contributed by atoms with E-state index in [1.165, 1.54) is 12.1 Å². The monoisotopic (exact) mass is 322 g/mol. The summed E-state index contributed by atoms with van der Waals surface area (Å²) in [5, 5.41) is 3.24. The lowest BCUT2D eigenvalue weighted by Gasteiger charge is -2.32. The second-order valence-corrected chi connectivity index (χ2v) is 5.07. The zero-order valence-electron chi connectivity index (χ0n) is 11.6. The Hall–Kier alpha value is -1.27. The number of hydrogen-bond acceptors (Lipinski definition) is 2. The Balaban J connectivity index is 0.00000220. The van der Waals surface area contributed by atoms with Crippen LogP contribution in [-0.2, 0) is 17.4 Å². The molecule has 1 fully saturated rings. The van der Waals surface area contributed by atoms with Gasteiger partial charge in [0.1, 0.15) is 0 Å². The molecule has 1 saturated heterocycles. The molecule has 1 atom stereocenters. The maximum atomic E-state index is 12.4. The Morgan fingerprint density at radius 3 is 2.48 bits per heavy atom. The fourth-order valence-electron chi connectivity index (χ4n) is 2.26. The van der Waals surface area contributed by atoms with Crippen molar-refractivity contribution >= 4 is 18.3 Å². The van der Waals surface area contributed by atoms with Crippen LogP contribution in [0.4, 0.5) is 13.2 Å². The summed E-state index contributed by atoms with van der Waals surface area (Å²) in [5.74, 6) is -0.0434. The predicted molar refractivity (Wildman–Crippen MR) is 76.4 cm³/mol. The molecule has 1 amide bonds. The first-order chi connectivity index (χ1) is 9.36. The van der Waals surface area contributed by atoms with Crippen molar-refractivity contribution in [2.24, 2.45) is 0 Å². The molecule has 21 heavy (non-hydrogen) atoms. The summed E-state index contributed by atoms with van der Waals surface area (Å²) in [6, 6.07) is 5.02. The van der Waals surface area contributed by atoms with E-state index in [9.17, 15) is 18.0 Å². The molecule has 1 aromatic rings. The fraction of sp³-hybridized carbons (Fsp3) is 0.500. The van der Waals surface area contributed by atoms with E-state index in [1.54, 1.807) is 4.90 Å². The molecule has 0 radical (unpaired) electrons. The Morgan fingerprint density at radius 1 is 1.33 bits per heavy atom. The second kappa shape index (κ2) is 7.13. The van der Waals surface area contributed by atoms with Crippen LogP contribution in [0.1, 0.15) is 18.1 Å². The average Bonchev–Trinajstić information content (AvgIpc) is 2.38. The number of benzene rings is 1. The first-order valence-electron chi connectivity index (χ1n) is 6.53. The standard InChI is InChI=1S/C14H17F3N2O.ClH/c1-10-9-19(7-6-18-10)13(20)8-11-2-4-12(5-3-11)14(15,16)17;/h2-5,10,18H,6-9H2,1H3;1H/t10-;/m1./s1. The minimum atomic E-state index is -4.34. The van der Waals surface area contributed by atoms with Gasteiger partial charge in [0.15, 0.2) is 0 Å². The number of nitrogens with one attached hydrogen (secondary N) is 1. The summed E-state index contributed by atoms with van der Waals surface area (Å²) >= 11 is 0. The van der Waals surface area contributed by atoms with Crippen molar-refractivity contribution in [3.8, 4) is 0 Å². The quantitative estimate of drug-likeness (QED) is 0.907. The maximum absolute atomic E-state index is 12.4. The Kier molecular flexibility index (Phi) is 6.04. The predicted octanol–water partition coefficient (Wildman–Crippen LogP) is 2.49. The number of halogens is 4. The normalized spacial score (nSPS) is 19.0. The van der Waals surface area contributed by atoms with E-state index < -0.39 is 11.7 Å². The summed E-state index contributed by atoms with van der Waals surface area (Å²) < 4.78 is 37.3. The number of nitrogens with zero attached hydrogens (tertiary/aromatic N) is 1. The van der Waals surface area contributed by atoms with Crippen molar-refractivity contribution < 1.29 is 18.0 Å². The van der Waals surface area contributed by atoms with Gasteiger partial charge in [-0.1, -0.05) is 12.1 Å². The van der Waals surface area contributed by atoms with Gasteiger partial charge in [-0.15, -0.1) is 12.4 Å². The van der Waals surface area contributed by atoms with Gasteiger partial charge >= 0.3 is 6.18 Å². The molecule has 1 aromatic carbocycles. The molecule has 0 bridgehead atoms. The lowest BCUT2D eigenvalue weighted by atomic mass is 10.1. The van der Waals surface area contributed by atoms with E-state index in [2.05, 4.69) is 5.32 Å². The average molecular weight is 323 g/mol. The van der Waals surface area contributed by atoms with Crippen LogP contribution in [0, 0.1) is 0 Å². The SMILES string of the molecule is C[C@@H]1CN(C(=O)Cc2ccc(C(F)(F)F)cc2)CCN1.Cl. The number of carbonyl (C=O) groups excluding carboxylic acids is 1. The molecule has 1 heterocycles. The van der Waals surface area contributed by atoms with Gasteiger partial charge in [-0.3, -0.25) is 4.79 Å². The topological polar surface area (TPSA) is 32.3 Å². The number of piperazine rings is 1. The molecule has 0 aromatic heterocycles. The third-order valence-electron chi connectivity index (χ3n) is 3.36. The summed E-state index contributed by atoms with van der Waals surface area (Å²) in [5.41, 5.74) is -0.0846. The molecule has 3 nitrogen and oxygen atoms in total. The number of amides is 1. The summed E-state index contributed by atoms with van der Waals surface area (Å²) in [6.07, 6.45) is -4.19. The Bertz CT molecular complexity index is 476. The first kappa shape index (κ1) is 17.8. The molecule has 1 aliphatic heterocycles. The van der Waals surface area contributed by atoms with E-state index >= 15 is 0 Å². The van der Waals surface area contributed by atoms with E-state index in [-0.39, 0.29) is 30.8 Å². The largest absolute Gasteiger partial charge is 0.416 e. The number of alkyl halides is 3. The molecule has 0 saturated carbocycles. The maximum Gasteiger partial charge on any atom is 0.416 e. The van der Waals surface area contributed by atoms with E-state index in [0.29, 0.717) is 18.7 Å². The third-order valence-corrected chi connectivity index (χ3v) is 3.36. The third kappa shape index (κ3) is 4.89. The van der Waals surface area contributed by atoms with Gasteiger partial charge in [0, 0.05) is 25.7 Å². The second-order valence-electron chi connectivity index (χ2n) is 5.07. The van der Waals surface area contributed by atoms with Crippen LogP contribution in [0.25, 0.3) is 0 Å². The molecule has 0 aliphatic carbocycles. The van der Waals surface area contributed by atoms with Crippen molar-refractivity contribution in [3.63, 3.8) is 0 Å². The van der Waals surface area contributed by atoms with Gasteiger partial charge in [0.05, 0.1) is 12.0 Å². The smallest absolute Gasteiger partial charge is 0.340 e. The van der Waals surface area contributed by atoms with Gasteiger partial charge in [0.25, 0.3) is 0 Å². The first-order valence-corrected chi connectivity index (χ1v) is 6.53. The highest BCUT2D eigenvalue weighted by atomic mass is 35.5. The highest BCUT2D eigenvalue weighted by Crippen LogP contribution is 2.29. The van der Waals surface area contributed by atoms with Crippen LogP contribution in [0.3, 0.4) is 0 Å². The van der Waals surface area contributed by atoms with Crippen LogP contribution in [0.5, 0.6) is 0 Å². The summed E-state index contributed by atoms with van der Waals surface area (Å²) in [7, 11) is 0. The van der Waals surface area contributed by atoms with Crippen molar-refractivity contribution in [2.45, 2.75) is 25.6 Å². The number of carbonyl (C=O) groups is 1. The molecule has 7 heteroatoms.